The van der Waals surface area contributed by atoms with Crippen LogP contribution in [0.5, 0.6) is 0 Å². The first-order chi connectivity index (χ1) is 10.9. The summed E-state index contributed by atoms with van der Waals surface area (Å²) >= 11 is 0. The number of urea groups is 1. The molecule has 1 aromatic heterocycles. The Balaban J connectivity index is 1.73. The smallest absolute Gasteiger partial charge is 0.317 e. The van der Waals surface area contributed by atoms with Gasteiger partial charge in [0, 0.05) is 32.9 Å². The summed E-state index contributed by atoms with van der Waals surface area (Å²) in [5.41, 5.74) is 3.47. The van der Waals surface area contributed by atoms with Crippen molar-refractivity contribution in [3.63, 3.8) is 0 Å². The van der Waals surface area contributed by atoms with Gasteiger partial charge < -0.3 is 15.1 Å². The second kappa shape index (κ2) is 7.81. The average molecular weight is 321 g/mol. The minimum absolute atomic E-state index is 0.0307. The molecule has 1 saturated heterocycles. The molecule has 0 atom stereocenters. The van der Waals surface area contributed by atoms with Crippen molar-refractivity contribution in [2.75, 3.05) is 40.3 Å². The number of nitrogens with one attached hydrogen (secondary N) is 1. The van der Waals surface area contributed by atoms with Crippen LogP contribution in [0.2, 0.25) is 0 Å². The van der Waals surface area contributed by atoms with Gasteiger partial charge in [-0.2, -0.15) is 5.10 Å². The van der Waals surface area contributed by atoms with Gasteiger partial charge in [-0.25, -0.2) is 4.79 Å². The van der Waals surface area contributed by atoms with Crippen LogP contribution in [-0.4, -0.2) is 65.9 Å². The number of piperidine rings is 1. The third-order valence-electron chi connectivity index (χ3n) is 5.03. The highest BCUT2D eigenvalue weighted by atomic mass is 16.2. The summed E-state index contributed by atoms with van der Waals surface area (Å²) in [4.78, 5) is 16.4. The lowest BCUT2D eigenvalue weighted by Crippen LogP contribution is -2.42. The summed E-state index contributed by atoms with van der Waals surface area (Å²) in [7, 11) is 6.02. The highest BCUT2D eigenvalue weighted by Gasteiger charge is 2.20. The van der Waals surface area contributed by atoms with Gasteiger partial charge in [0.2, 0.25) is 0 Å². The molecule has 1 aliphatic heterocycles. The predicted molar refractivity (Wildman–Crippen MR) is 92.6 cm³/mol. The van der Waals surface area contributed by atoms with Crippen molar-refractivity contribution >= 4 is 6.03 Å². The number of likely N-dealkylation sites (tertiary alicyclic amines) is 1. The molecule has 2 rings (SSSR count). The SMILES string of the molecule is Cc1nn(C)c(C)c1CCNC(=O)N(C)CC1CCN(C)CC1. The Labute approximate surface area is 139 Å². The van der Waals surface area contributed by atoms with Gasteiger partial charge in [-0.1, -0.05) is 0 Å². The summed E-state index contributed by atoms with van der Waals surface area (Å²) < 4.78 is 1.90. The van der Waals surface area contributed by atoms with Crippen LogP contribution in [0.1, 0.15) is 29.8 Å². The number of hydrogen-bond donors (Lipinski definition) is 1. The van der Waals surface area contributed by atoms with E-state index < -0.39 is 0 Å². The van der Waals surface area contributed by atoms with Crippen LogP contribution >= 0.6 is 0 Å². The van der Waals surface area contributed by atoms with Crippen molar-refractivity contribution in [3.8, 4) is 0 Å². The summed E-state index contributed by atoms with van der Waals surface area (Å²) in [5, 5.41) is 7.45. The first kappa shape index (κ1) is 17.8. The number of aryl methyl sites for hydroxylation is 2. The van der Waals surface area contributed by atoms with E-state index in [4.69, 9.17) is 0 Å². The van der Waals surface area contributed by atoms with Crippen LogP contribution in [-0.2, 0) is 13.5 Å². The maximum atomic E-state index is 12.2. The lowest BCUT2D eigenvalue weighted by Gasteiger charge is -2.31. The summed E-state index contributed by atoms with van der Waals surface area (Å²) in [6.45, 7) is 7.88. The standard InChI is InChI=1S/C17H31N5O/c1-13-16(14(2)22(5)19-13)6-9-18-17(23)21(4)12-15-7-10-20(3)11-8-15/h15H,6-12H2,1-5H3,(H,18,23). The van der Waals surface area contributed by atoms with E-state index in [0.717, 1.165) is 31.7 Å². The first-order valence-electron chi connectivity index (χ1n) is 8.55. The van der Waals surface area contributed by atoms with E-state index in [-0.39, 0.29) is 6.03 Å². The van der Waals surface area contributed by atoms with E-state index in [1.165, 1.54) is 24.1 Å². The van der Waals surface area contributed by atoms with E-state index in [9.17, 15) is 4.79 Å². The highest BCUT2D eigenvalue weighted by molar-refractivity contribution is 5.73. The van der Waals surface area contributed by atoms with Crippen molar-refractivity contribution in [2.24, 2.45) is 13.0 Å². The zero-order valence-corrected chi connectivity index (χ0v) is 15.2. The van der Waals surface area contributed by atoms with Gasteiger partial charge in [-0.3, -0.25) is 4.68 Å². The topological polar surface area (TPSA) is 53.4 Å². The van der Waals surface area contributed by atoms with Crippen LogP contribution in [0.25, 0.3) is 0 Å². The number of carbonyl (C=O) groups excluding carboxylic acids is 1. The minimum atomic E-state index is 0.0307. The summed E-state index contributed by atoms with van der Waals surface area (Å²) in [5.74, 6) is 0.629. The molecule has 0 unspecified atom stereocenters. The zero-order chi connectivity index (χ0) is 17.0. The number of carbonyl (C=O) groups is 1. The highest BCUT2D eigenvalue weighted by Crippen LogP contribution is 2.17. The van der Waals surface area contributed by atoms with Crippen LogP contribution in [0.4, 0.5) is 4.79 Å². The molecule has 2 amide bonds. The molecule has 6 nitrogen and oxygen atoms in total. The van der Waals surface area contributed by atoms with Crippen molar-refractivity contribution in [1.29, 1.82) is 0 Å². The molecule has 6 heteroatoms. The number of hydrogen-bond acceptors (Lipinski definition) is 3. The number of amides is 2. The van der Waals surface area contributed by atoms with Crippen LogP contribution < -0.4 is 5.32 Å². The molecule has 1 aliphatic rings. The minimum Gasteiger partial charge on any atom is -0.338 e. The van der Waals surface area contributed by atoms with E-state index in [0.29, 0.717) is 12.5 Å². The normalized spacial score (nSPS) is 16.6. The molecule has 23 heavy (non-hydrogen) atoms. The monoisotopic (exact) mass is 321 g/mol. The molecule has 2 heterocycles. The summed E-state index contributed by atoms with van der Waals surface area (Å²) in [6.07, 6.45) is 3.20. The van der Waals surface area contributed by atoms with Crippen molar-refractivity contribution in [1.82, 2.24) is 24.9 Å². The largest absolute Gasteiger partial charge is 0.338 e. The third-order valence-corrected chi connectivity index (χ3v) is 5.03. The lowest BCUT2D eigenvalue weighted by molar-refractivity contribution is 0.170. The Morgan fingerprint density at radius 1 is 1.30 bits per heavy atom. The molecule has 0 aliphatic carbocycles. The van der Waals surface area contributed by atoms with Crippen LogP contribution in [0.15, 0.2) is 0 Å². The van der Waals surface area contributed by atoms with Crippen molar-refractivity contribution in [2.45, 2.75) is 33.1 Å². The second-order valence-corrected chi connectivity index (χ2v) is 6.88. The van der Waals surface area contributed by atoms with Crippen molar-refractivity contribution < 1.29 is 4.79 Å². The quantitative estimate of drug-likeness (QED) is 0.895. The number of aromatic nitrogens is 2. The van der Waals surface area contributed by atoms with E-state index in [1.807, 2.05) is 30.6 Å². The Morgan fingerprint density at radius 3 is 2.52 bits per heavy atom. The second-order valence-electron chi connectivity index (χ2n) is 6.88. The van der Waals surface area contributed by atoms with Crippen LogP contribution in [0.3, 0.4) is 0 Å². The van der Waals surface area contributed by atoms with Crippen molar-refractivity contribution in [3.05, 3.63) is 17.0 Å². The van der Waals surface area contributed by atoms with Gasteiger partial charge in [-0.05, 0) is 64.7 Å². The number of rotatable bonds is 5. The molecule has 0 saturated carbocycles. The van der Waals surface area contributed by atoms with Gasteiger partial charge in [-0.15, -0.1) is 0 Å². The summed E-state index contributed by atoms with van der Waals surface area (Å²) in [6, 6.07) is 0.0307. The van der Waals surface area contributed by atoms with Gasteiger partial charge in [0.05, 0.1) is 5.69 Å². The van der Waals surface area contributed by atoms with Gasteiger partial charge in [0.25, 0.3) is 0 Å². The third kappa shape index (κ3) is 4.70. The molecular formula is C17H31N5O. The van der Waals surface area contributed by atoms with Crippen LogP contribution in [0, 0.1) is 19.8 Å². The first-order valence-corrected chi connectivity index (χ1v) is 8.55. The average Bonchev–Trinajstić information content (AvgIpc) is 2.75. The molecule has 0 radical (unpaired) electrons. The number of nitrogens with zero attached hydrogens (tertiary/aromatic N) is 4. The molecule has 130 valence electrons. The van der Waals surface area contributed by atoms with E-state index in [1.54, 1.807) is 0 Å². The van der Waals surface area contributed by atoms with Gasteiger partial charge in [0.1, 0.15) is 0 Å². The maximum Gasteiger partial charge on any atom is 0.317 e. The molecular weight excluding hydrogens is 290 g/mol. The fraction of sp³-hybridized carbons (Fsp3) is 0.765. The fourth-order valence-corrected chi connectivity index (χ4v) is 3.32. The Bertz CT molecular complexity index is 531. The molecule has 1 aromatic rings. The molecule has 0 aromatic carbocycles. The molecule has 1 fully saturated rings. The fourth-order valence-electron chi connectivity index (χ4n) is 3.32. The van der Waals surface area contributed by atoms with E-state index >= 15 is 0 Å². The van der Waals surface area contributed by atoms with E-state index in [2.05, 4.69) is 29.3 Å². The Hall–Kier alpha value is -1.56. The Morgan fingerprint density at radius 2 is 1.96 bits per heavy atom. The lowest BCUT2D eigenvalue weighted by atomic mass is 9.97. The van der Waals surface area contributed by atoms with Gasteiger partial charge in [0.15, 0.2) is 0 Å². The molecule has 0 bridgehead atoms. The Kier molecular flexibility index (Phi) is 6.04. The molecule has 0 spiro atoms. The maximum absolute atomic E-state index is 12.2. The zero-order valence-electron chi connectivity index (χ0n) is 15.2. The van der Waals surface area contributed by atoms with Gasteiger partial charge >= 0.3 is 6.03 Å². The predicted octanol–water partition coefficient (Wildman–Crippen LogP) is 1.56. The molecule has 1 N–H and O–H groups in total.